The third-order valence-corrected chi connectivity index (χ3v) is 7.18. The molecule has 0 N–H and O–H groups in total. The van der Waals surface area contributed by atoms with Crippen LogP contribution in [0.2, 0.25) is 0 Å². The van der Waals surface area contributed by atoms with E-state index in [0.29, 0.717) is 30.4 Å². The quantitative estimate of drug-likeness (QED) is 0.442. The Kier molecular flexibility index (Phi) is 4.24. The van der Waals surface area contributed by atoms with Gasteiger partial charge in [0.2, 0.25) is 0 Å². The van der Waals surface area contributed by atoms with E-state index in [0.717, 1.165) is 19.4 Å². The minimum absolute atomic E-state index is 0.229. The summed E-state index contributed by atoms with van der Waals surface area (Å²) in [7, 11) is 2.18. The first-order valence-electron chi connectivity index (χ1n) is 10.6. The van der Waals surface area contributed by atoms with Crippen LogP contribution in [0.3, 0.4) is 0 Å². The van der Waals surface area contributed by atoms with Crippen molar-refractivity contribution >= 4 is 11.9 Å². The van der Waals surface area contributed by atoms with Gasteiger partial charge in [0.05, 0.1) is 0 Å². The lowest BCUT2D eigenvalue weighted by molar-refractivity contribution is -0.154. The summed E-state index contributed by atoms with van der Waals surface area (Å²) in [4.78, 5) is 26.5. The highest BCUT2D eigenvalue weighted by molar-refractivity contribution is 5.74. The number of carbonyl (C=O) groups excluding carboxylic acids is 2. The number of hydrogen-bond donors (Lipinski definition) is 0. The van der Waals surface area contributed by atoms with E-state index < -0.39 is 6.10 Å². The zero-order valence-corrected chi connectivity index (χ0v) is 17.1. The molecule has 1 fully saturated rings. The Bertz CT molecular complexity index is 909. The minimum atomic E-state index is -0.434. The monoisotopic (exact) mass is 397 g/mol. The smallest absolute Gasteiger partial charge is 0.311 e. The third-order valence-electron chi connectivity index (χ3n) is 7.18. The maximum Gasteiger partial charge on any atom is 0.311 e. The topological polar surface area (TPSA) is 65.1 Å². The van der Waals surface area contributed by atoms with Crippen molar-refractivity contribution in [1.82, 2.24) is 4.90 Å². The minimum Gasteiger partial charge on any atom is -0.481 e. The molecule has 1 spiro atoms. The second-order valence-electron chi connectivity index (χ2n) is 8.55. The summed E-state index contributed by atoms with van der Waals surface area (Å²) in [6.45, 7) is 4.54. The van der Waals surface area contributed by atoms with Gasteiger partial charge in [0.15, 0.2) is 17.6 Å². The summed E-state index contributed by atoms with van der Waals surface area (Å²) < 4.78 is 17.9. The molecule has 29 heavy (non-hydrogen) atoms. The van der Waals surface area contributed by atoms with Crippen LogP contribution in [0.15, 0.2) is 24.3 Å². The molecule has 1 aromatic rings. The first-order chi connectivity index (χ1) is 14.0. The van der Waals surface area contributed by atoms with Gasteiger partial charge in [-0.15, -0.1) is 0 Å². The number of ether oxygens (including phenoxy) is 3. The predicted octanol–water partition coefficient (Wildman–Crippen LogP) is 2.77. The molecule has 0 aromatic heterocycles. The molecule has 2 aliphatic heterocycles. The molecule has 5 rings (SSSR count). The van der Waals surface area contributed by atoms with E-state index in [4.69, 9.17) is 14.2 Å². The second-order valence-corrected chi connectivity index (χ2v) is 8.55. The molecule has 0 radical (unpaired) electrons. The number of likely N-dealkylation sites (tertiary alicyclic amines) is 1. The van der Waals surface area contributed by atoms with E-state index in [-0.39, 0.29) is 29.4 Å². The number of hydrogen-bond acceptors (Lipinski definition) is 6. The zero-order chi connectivity index (χ0) is 20.3. The van der Waals surface area contributed by atoms with Crippen molar-refractivity contribution in [2.75, 3.05) is 13.6 Å². The van der Waals surface area contributed by atoms with Crippen LogP contribution in [0.4, 0.5) is 0 Å². The van der Waals surface area contributed by atoms with E-state index in [2.05, 4.69) is 24.1 Å². The van der Waals surface area contributed by atoms with E-state index in [1.165, 1.54) is 11.1 Å². The molecular formula is C23H27NO5. The Hall–Kier alpha value is -2.34. The lowest BCUT2D eigenvalue weighted by Gasteiger charge is -2.56. The Morgan fingerprint density at radius 2 is 2.00 bits per heavy atom. The second kappa shape index (κ2) is 6.59. The van der Waals surface area contributed by atoms with E-state index in [9.17, 15) is 9.59 Å². The fourth-order valence-corrected chi connectivity index (χ4v) is 5.82. The molecule has 154 valence electrons. The van der Waals surface area contributed by atoms with Crippen LogP contribution in [0.25, 0.3) is 0 Å². The van der Waals surface area contributed by atoms with Crippen LogP contribution in [-0.4, -0.2) is 48.7 Å². The normalized spacial score (nSPS) is 33.6. The molecule has 0 amide bonds. The highest BCUT2D eigenvalue weighted by Gasteiger charge is 2.65. The molecule has 1 saturated heterocycles. The molecule has 2 heterocycles. The van der Waals surface area contributed by atoms with Gasteiger partial charge >= 0.3 is 11.9 Å². The van der Waals surface area contributed by atoms with Gasteiger partial charge in [0.25, 0.3) is 0 Å². The Balaban J connectivity index is 1.66. The highest BCUT2D eigenvalue weighted by Crippen LogP contribution is 2.62. The molecule has 5 atom stereocenters. The molecular weight excluding hydrogens is 370 g/mol. The van der Waals surface area contributed by atoms with E-state index in [1.807, 2.05) is 12.1 Å². The summed E-state index contributed by atoms with van der Waals surface area (Å²) in [6.07, 6.45) is 6.00. The summed E-state index contributed by atoms with van der Waals surface area (Å²) in [6, 6.07) is 4.32. The molecule has 1 aromatic carbocycles. The van der Waals surface area contributed by atoms with Crippen molar-refractivity contribution in [3.05, 3.63) is 35.4 Å². The third kappa shape index (κ3) is 2.51. The Labute approximate surface area is 170 Å². The van der Waals surface area contributed by atoms with Crippen molar-refractivity contribution in [3.8, 4) is 11.5 Å². The fraction of sp³-hybridized carbons (Fsp3) is 0.565. The van der Waals surface area contributed by atoms with Gasteiger partial charge in [-0.05, 0) is 44.1 Å². The van der Waals surface area contributed by atoms with Crippen molar-refractivity contribution in [2.45, 2.75) is 63.2 Å². The number of carbonyl (C=O) groups is 2. The van der Waals surface area contributed by atoms with Crippen LogP contribution >= 0.6 is 0 Å². The van der Waals surface area contributed by atoms with Gasteiger partial charge in [-0.2, -0.15) is 0 Å². The molecule has 6 heteroatoms. The lowest BCUT2D eigenvalue weighted by Crippen LogP contribution is -2.65. The van der Waals surface area contributed by atoms with Gasteiger partial charge in [0, 0.05) is 35.8 Å². The van der Waals surface area contributed by atoms with Gasteiger partial charge in [-0.1, -0.05) is 26.0 Å². The van der Waals surface area contributed by atoms with Crippen LogP contribution in [0, 0.1) is 5.92 Å². The van der Waals surface area contributed by atoms with Crippen LogP contribution < -0.4 is 9.47 Å². The van der Waals surface area contributed by atoms with Gasteiger partial charge in [0.1, 0.15) is 6.10 Å². The largest absolute Gasteiger partial charge is 0.481 e. The van der Waals surface area contributed by atoms with Crippen molar-refractivity contribution in [3.63, 3.8) is 0 Å². The maximum absolute atomic E-state index is 12.1. The predicted molar refractivity (Wildman–Crippen MR) is 106 cm³/mol. The summed E-state index contributed by atoms with van der Waals surface area (Å²) in [5.74, 6) is 0.929. The fourth-order valence-electron chi connectivity index (χ4n) is 5.82. The molecule has 0 saturated carbocycles. The first kappa shape index (κ1) is 18.7. The number of esters is 2. The molecule has 2 aliphatic carbocycles. The van der Waals surface area contributed by atoms with E-state index >= 15 is 0 Å². The van der Waals surface area contributed by atoms with E-state index in [1.54, 1.807) is 13.8 Å². The summed E-state index contributed by atoms with van der Waals surface area (Å²) in [5, 5.41) is 0. The van der Waals surface area contributed by atoms with Gasteiger partial charge in [-0.25, -0.2) is 0 Å². The SMILES string of the molecule is CCC(=O)Oc1ccc2c3c1OC1C(OC(=O)CC)C=CC4C(C2)N(C)CCC341. The standard InChI is InChI=1S/C23H27NO5/c1-4-18(25)27-16-8-6-13-12-15-14-7-9-17(28-19(26)5-2)22-23(14,10-11-24(15)3)20(13)21(16)29-22/h6-9,14-15,17,22H,4-5,10-12H2,1-3H3. The van der Waals surface area contributed by atoms with Crippen molar-refractivity contribution in [2.24, 2.45) is 5.92 Å². The van der Waals surface area contributed by atoms with Gasteiger partial charge in [-0.3, -0.25) is 9.59 Å². The first-order valence-corrected chi connectivity index (χ1v) is 10.6. The average molecular weight is 397 g/mol. The molecule has 5 unspecified atom stereocenters. The van der Waals surface area contributed by atoms with Crippen molar-refractivity contribution < 1.29 is 23.8 Å². The zero-order valence-electron chi connectivity index (χ0n) is 17.1. The molecule has 2 bridgehead atoms. The lowest BCUT2D eigenvalue weighted by atomic mass is 9.53. The number of benzene rings is 1. The Morgan fingerprint density at radius 3 is 2.76 bits per heavy atom. The Morgan fingerprint density at radius 1 is 1.21 bits per heavy atom. The van der Waals surface area contributed by atoms with Crippen LogP contribution in [0.5, 0.6) is 11.5 Å². The molecule has 6 nitrogen and oxygen atoms in total. The van der Waals surface area contributed by atoms with Gasteiger partial charge < -0.3 is 19.1 Å². The van der Waals surface area contributed by atoms with Crippen LogP contribution in [-0.2, 0) is 26.2 Å². The molecule has 4 aliphatic rings. The number of piperidine rings is 1. The number of likely N-dealkylation sites (N-methyl/N-ethyl adjacent to an activating group) is 1. The average Bonchev–Trinajstić information content (AvgIpc) is 3.08. The van der Waals surface area contributed by atoms with Crippen LogP contribution in [0.1, 0.15) is 44.2 Å². The number of rotatable bonds is 4. The maximum atomic E-state index is 12.1. The summed E-state index contributed by atoms with van der Waals surface area (Å²) in [5.41, 5.74) is 2.17. The van der Waals surface area contributed by atoms with Crippen molar-refractivity contribution in [1.29, 1.82) is 0 Å². The number of nitrogens with zero attached hydrogens (tertiary/aromatic N) is 1. The summed E-state index contributed by atoms with van der Waals surface area (Å²) >= 11 is 0. The highest BCUT2D eigenvalue weighted by atomic mass is 16.6.